The standard InChI is InChI=1S/C14H30N2O/c1-4-5-13(15)14(10-17)16-8-6-12(7-9-16)11(2)3/h11-14,17H,4-10,15H2,1-3H3. The first kappa shape index (κ1) is 14.9. The van der Waals surface area contributed by atoms with E-state index in [1.165, 1.54) is 12.8 Å². The van der Waals surface area contributed by atoms with Crippen molar-refractivity contribution in [2.45, 2.75) is 58.5 Å². The first-order chi connectivity index (χ1) is 8.10. The molecule has 0 bridgehead atoms. The molecule has 3 heteroatoms. The molecule has 0 aromatic rings. The Bertz CT molecular complexity index is 200. The van der Waals surface area contributed by atoms with E-state index in [9.17, 15) is 5.11 Å². The largest absolute Gasteiger partial charge is 0.395 e. The maximum atomic E-state index is 9.53. The van der Waals surface area contributed by atoms with Gasteiger partial charge in [-0.2, -0.15) is 0 Å². The molecule has 3 nitrogen and oxygen atoms in total. The van der Waals surface area contributed by atoms with Gasteiger partial charge in [0.25, 0.3) is 0 Å². The molecular formula is C14H30N2O. The zero-order chi connectivity index (χ0) is 12.8. The molecule has 1 rings (SSSR count). The highest BCUT2D eigenvalue weighted by Gasteiger charge is 2.28. The van der Waals surface area contributed by atoms with Crippen molar-refractivity contribution in [1.82, 2.24) is 4.90 Å². The lowest BCUT2D eigenvalue weighted by Gasteiger charge is -2.40. The Morgan fingerprint density at radius 1 is 1.29 bits per heavy atom. The summed E-state index contributed by atoms with van der Waals surface area (Å²) in [5.74, 6) is 1.64. The van der Waals surface area contributed by atoms with Crippen LogP contribution < -0.4 is 5.73 Å². The van der Waals surface area contributed by atoms with Gasteiger partial charge in [0.05, 0.1) is 6.61 Å². The fraction of sp³-hybridized carbons (Fsp3) is 1.00. The molecule has 0 aromatic carbocycles. The van der Waals surface area contributed by atoms with Gasteiger partial charge in [-0.1, -0.05) is 27.2 Å². The molecule has 0 aliphatic carbocycles. The van der Waals surface area contributed by atoms with Gasteiger partial charge < -0.3 is 10.8 Å². The maximum absolute atomic E-state index is 9.53. The third kappa shape index (κ3) is 4.23. The van der Waals surface area contributed by atoms with Crippen LogP contribution in [0.1, 0.15) is 46.5 Å². The van der Waals surface area contributed by atoms with Crippen LogP contribution in [-0.2, 0) is 0 Å². The topological polar surface area (TPSA) is 49.5 Å². The maximum Gasteiger partial charge on any atom is 0.0601 e. The van der Waals surface area contributed by atoms with E-state index in [0.717, 1.165) is 37.8 Å². The van der Waals surface area contributed by atoms with Gasteiger partial charge in [-0.3, -0.25) is 4.90 Å². The molecule has 3 N–H and O–H groups in total. The summed E-state index contributed by atoms with van der Waals surface area (Å²) < 4.78 is 0. The highest BCUT2D eigenvalue weighted by Crippen LogP contribution is 2.26. The summed E-state index contributed by atoms with van der Waals surface area (Å²) in [6.45, 7) is 9.18. The Kier molecular flexibility index (Phi) is 6.45. The predicted molar refractivity (Wildman–Crippen MR) is 72.9 cm³/mol. The van der Waals surface area contributed by atoms with Crippen molar-refractivity contribution < 1.29 is 5.11 Å². The molecule has 17 heavy (non-hydrogen) atoms. The summed E-state index contributed by atoms with van der Waals surface area (Å²) in [6, 6.07) is 0.295. The van der Waals surface area contributed by atoms with E-state index in [2.05, 4.69) is 25.7 Å². The van der Waals surface area contributed by atoms with Gasteiger partial charge in [-0.05, 0) is 44.2 Å². The van der Waals surface area contributed by atoms with Crippen molar-refractivity contribution in [3.63, 3.8) is 0 Å². The molecule has 0 aromatic heterocycles. The summed E-state index contributed by atoms with van der Waals surface area (Å²) in [5.41, 5.74) is 6.16. The smallest absolute Gasteiger partial charge is 0.0601 e. The Labute approximate surface area is 106 Å². The fourth-order valence-corrected chi connectivity index (χ4v) is 2.97. The minimum atomic E-state index is 0.126. The highest BCUT2D eigenvalue weighted by atomic mass is 16.3. The minimum Gasteiger partial charge on any atom is -0.395 e. The molecule has 0 amide bonds. The van der Waals surface area contributed by atoms with Gasteiger partial charge in [0.1, 0.15) is 0 Å². The second-order valence-corrected chi connectivity index (χ2v) is 5.82. The van der Waals surface area contributed by atoms with Gasteiger partial charge >= 0.3 is 0 Å². The first-order valence-corrected chi connectivity index (χ1v) is 7.20. The Morgan fingerprint density at radius 3 is 2.29 bits per heavy atom. The number of hydrogen-bond acceptors (Lipinski definition) is 3. The molecule has 1 aliphatic rings. The second-order valence-electron chi connectivity index (χ2n) is 5.82. The quantitative estimate of drug-likeness (QED) is 0.747. The minimum absolute atomic E-state index is 0.126. The lowest BCUT2D eigenvalue weighted by atomic mass is 9.85. The Hall–Kier alpha value is -0.120. The third-order valence-corrected chi connectivity index (χ3v) is 4.29. The van der Waals surface area contributed by atoms with Crippen LogP contribution in [0.3, 0.4) is 0 Å². The van der Waals surface area contributed by atoms with Crippen molar-refractivity contribution >= 4 is 0 Å². The van der Waals surface area contributed by atoms with E-state index in [1.54, 1.807) is 0 Å². The lowest BCUT2D eigenvalue weighted by molar-refractivity contribution is 0.0614. The number of aliphatic hydroxyl groups is 1. The van der Waals surface area contributed by atoms with Gasteiger partial charge in [-0.15, -0.1) is 0 Å². The summed E-state index contributed by atoms with van der Waals surface area (Å²) in [5, 5.41) is 9.53. The number of aliphatic hydroxyl groups excluding tert-OH is 1. The third-order valence-electron chi connectivity index (χ3n) is 4.29. The highest BCUT2D eigenvalue weighted by molar-refractivity contribution is 4.85. The molecule has 1 aliphatic heterocycles. The van der Waals surface area contributed by atoms with Crippen molar-refractivity contribution in [3.8, 4) is 0 Å². The Balaban J connectivity index is 2.44. The van der Waals surface area contributed by atoms with Gasteiger partial charge in [0.2, 0.25) is 0 Å². The molecule has 0 spiro atoms. The Morgan fingerprint density at radius 2 is 1.88 bits per heavy atom. The molecule has 2 atom stereocenters. The number of nitrogens with two attached hydrogens (primary N) is 1. The van der Waals surface area contributed by atoms with Crippen LogP contribution in [0.4, 0.5) is 0 Å². The monoisotopic (exact) mass is 242 g/mol. The van der Waals surface area contributed by atoms with Crippen molar-refractivity contribution in [2.75, 3.05) is 19.7 Å². The summed E-state index contributed by atoms with van der Waals surface area (Å²) in [4.78, 5) is 2.40. The van der Waals surface area contributed by atoms with Crippen LogP contribution in [0.25, 0.3) is 0 Å². The van der Waals surface area contributed by atoms with Crippen LogP contribution in [-0.4, -0.2) is 41.8 Å². The van der Waals surface area contributed by atoms with Crippen LogP contribution in [0.15, 0.2) is 0 Å². The number of nitrogens with zero attached hydrogens (tertiary/aromatic N) is 1. The SMILES string of the molecule is CCCC(N)C(CO)N1CCC(C(C)C)CC1. The van der Waals surface area contributed by atoms with Gasteiger partial charge in [0, 0.05) is 12.1 Å². The number of hydrogen-bond donors (Lipinski definition) is 2. The molecule has 0 radical (unpaired) electrons. The average Bonchev–Trinajstić information content (AvgIpc) is 2.31. The van der Waals surface area contributed by atoms with Crippen LogP contribution in [0.2, 0.25) is 0 Å². The zero-order valence-electron chi connectivity index (χ0n) is 11.7. The van der Waals surface area contributed by atoms with E-state index in [4.69, 9.17) is 5.73 Å². The lowest BCUT2D eigenvalue weighted by Crippen LogP contribution is -2.52. The normalized spacial score (nSPS) is 22.9. The van der Waals surface area contributed by atoms with E-state index in [0.29, 0.717) is 0 Å². The van der Waals surface area contributed by atoms with Crippen LogP contribution in [0, 0.1) is 11.8 Å². The number of rotatable bonds is 6. The molecule has 102 valence electrons. The number of likely N-dealkylation sites (tertiary alicyclic amines) is 1. The van der Waals surface area contributed by atoms with Gasteiger partial charge in [-0.25, -0.2) is 0 Å². The van der Waals surface area contributed by atoms with E-state index >= 15 is 0 Å². The summed E-state index contributed by atoms with van der Waals surface area (Å²) in [6.07, 6.45) is 4.62. The molecule has 1 heterocycles. The van der Waals surface area contributed by atoms with Crippen molar-refractivity contribution in [2.24, 2.45) is 17.6 Å². The van der Waals surface area contributed by atoms with Crippen molar-refractivity contribution in [3.05, 3.63) is 0 Å². The van der Waals surface area contributed by atoms with Crippen LogP contribution >= 0.6 is 0 Å². The molecule has 0 saturated carbocycles. The predicted octanol–water partition coefficient (Wildman–Crippen LogP) is 1.84. The first-order valence-electron chi connectivity index (χ1n) is 7.20. The van der Waals surface area contributed by atoms with Crippen molar-refractivity contribution in [1.29, 1.82) is 0 Å². The summed E-state index contributed by atoms with van der Waals surface area (Å²) >= 11 is 0. The average molecular weight is 242 g/mol. The van der Waals surface area contributed by atoms with Crippen LogP contribution in [0.5, 0.6) is 0 Å². The molecule has 2 unspecified atom stereocenters. The molecular weight excluding hydrogens is 212 g/mol. The van der Waals surface area contributed by atoms with Gasteiger partial charge in [0.15, 0.2) is 0 Å². The second kappa shape index (κ2) is 7.34. The van der Waals surface area contributed by atoms with E-state index in [1.807, 2.05) is 0 Å². The number of piperidine rings is 1. The molecule has 1 fully saturated rings. The van der Waals surface area contributed by atoms with E-state index < -0.39 is 0 Å². The van der Waals surface area contributed by atoms with E-state index in [-0.39, 0.29) is 18.7 Å². The fourth-order valence-electron chi connectivity index (χ4n) is 2.97. The summed E-state index contributed by atoms with van der Waals surface area (Å²) in [7, 11) is 0. The molecule has 1 saturated heterocycles. The zero-order valence-corrected chi connectivity index (χ0v) is 11.7.